The average molecular weight is 737 g/mol. The van der Waals surface area contributed by atoms with E-state index in [-0.39, 0.29) is 22.5 Å². The lowest BCUT2D eigenvalue weighted by Crippen LogP contribution is -2.24. The van der Waals surface area contributed by atoms with Crippen molar-refractivity contribution in [1.82, 2.24) is 4.98 Å². The van der Waals surface area contributed by atoms with Gasteiger partial charge in [0.15, 0.2) is 11.5 Å². The molecular weight excluding hydrogens is 693 g/mol. The molecule has 1 heterocycles. The van der Waals surface area contributed by atoms with Crippen LogP contribution in [0.15, 0.2) is 146 Å². The second-order valence-corrected chi connectivity index (χ2v) is 16.2. The van der Waals surface area contributed by atoms with Crippen molar-refractivity contribution in [3.63, 3.8) is 0 Å². The van der Waals surface area contributed by atoms with E-state index in [1.54, 1.807) is 0 Å². The van der Waals surface area contributed by atoms with Gasteiger partial charge < -0.3 is 20.7 Å². The van der Waals surface area contributed by atoms with E-state index < -0.39 is 0 Å². The number of rotatable bonds is 10. The Balaban J connectivity index is 1.39. The fourth-order valence-corrected chi connectivity index (χ4v) is 8.02. The minimum absolute atomic E-state index is 0.0478. The molecule has 0 spiro atoms. The average Bonchev–Trinajstić information content (AvgIpc) is 3.18. The Labute approximate surface area is 327 Å². The highest BCUT2D eigenvalue weighted by Crippen LogP contribution is 2.50. The fraction of sp³-hybridized carbons (Fsp3) is 0.163. The molecule has 278 valence electrons. The highest BCUT2D eigenvalue weighted by molar-refractivity contribution is 6.32. The minimum atomic E-state index is -0.369. The molecule has 1 aliphatic rings. The van der Waals surface area contributed by atoms with E-state index in [1.807, 2.05) is 133 Å². The van der Waals surface area contributed by atoms with Crippen molar-refractivity contribution in [3.05, 3.63) is 168 Å². The Hall–Kier alpha value is -6.73. The third kappa shape index (κ3) is 7.23. The number of aromatic nitrogens is 1. The van der Waals surface area contributed by atoms with Crippen LogP contribution in [0.2, 0.25) is 0 Å². The monoisotopic (exact) mass is 736 g/mol. The number of nitrogens with one attached hydrogen (secondary N) is 3. The summed E-state index contributed by atoms with van der Waals surface area (Å²) in [6.45, 7) is 11.3. The highest BCUT2D eigenvalue weighted by Gasteiger charge is 2.36. The van der Waals surface area contributed by atoms with Crippen LogP contribution in [0.25, 0.3) is 22.0 Å². The topological polar surface area (TPSA) is 92.3 Å². The molecule has 0 saturated heterocycles. The van der Waals surface area contributed by atoms with Gasteiger partial charge in [-0.05, 0) is 76.9 Å². The Morgan fingerprint density at radius 2 is 1.20 bits per heavy atom. The summed E-state index contributed by atoms with van der Waals surface area (Å²) in [7, 11) is 0. The van der Waals surface area contributed by atoms with E-state index in [1.165, 1.54) is 5.56 Å². The number of fused-ring (bicyclic) bond motifs is 2. The maximum absolute atomic E-state index is 14.7. The SMILES string of the molecule is CC(C)(C)CC(C)(C)c1ccc(Oc2cc(Nc3ccccc3)c3c4c(c(C(=O)Nc5ccccc5)c(Nc5ccccc5)nc24)-c2ccccc2C3=O)cc1. The standard InChI is InChI=1S/C49H44N4O3/c1-48(2,3)30-49(4,5)31-25-27-35(28-26-31)56-39-29-38(50-32-17-9-6-10-18-32)41-42-40(36-23-15-16-24-37(36)45(41)54)43(47(55)52-34-21-13-8-14-22-34)46(53-44(39)42)51-33-19-11-7-12-20-33/h6-29,50H,30H2,1-5H3,(H,51,53)(H,52,55). The van der Waals surface area contributed by atoms with Crippen LogP contribution in [-0.4, -0.2) is 16.7 Å². The number of ether oxygens (including phenoxy) is 1. The van der Waals surface area contributed by atoms with Gasteiger partial charge in [-0.1, -0.05) is 126 Å². The van der Waals surface area contributed by atoms with Crippen molar-refractivity contribution in [1.29, 1.82) is 0 Å². The first kappa shape index (κ1) is 36.3. The van der Waals surface area contributed by atoms with Crippen molar-refractivity contribution in [2.45, 2.75) is 46.5 Å². The lowest BCUT2D eigenvalue weighted by Gasteiger charge is -2.33. The molecule has 7 aromatic rings. The number of ketones is 1. The Bertz CT molecular complexity index is 2580. The zero-order chi connectivity index (χ0) is 39.0. The third-order valence-corrected chi connectivity index (χ3v) is 10.1. The van der Waals surface area contributed by atoms with Crippen molar-refractivity contribution in [2.24, 2.45) is 5.41 Å². The highest BCUT2D eigenvalue weighted by atomic mass is 16.5. The molecule has 56 heavy (non-hydrogen) atoms. The Kier molecular flexibility index (Phi) is 9.38. The first-order valence-electron chi connectivity index (χ1n) is 18.9. The summed E-state index contributed by atoms with van der Waals surface area (Å²) >= 11 is 0. The summed E-state index contributed by atoms with van der Waals surface area (Å²) in [5, 5.41) is 10.6. The van der Waals surface area contributed by atoms with Crippen LogP contribution < -0.4 is 20.7 Å². The van der Waals surface area contributed by atoms with Crippen molar-refractivity contribution in [2.75, 3.05) is 16.0 Å². The number of nitrogens with zero attached hydrogens (tertiary/aromatic N) is 1. The normalized spacial score (nSPS) is 12.2. The first-order valence-corrected chi connectivity index (χ1v) is 18.9. The molecule has 0 bridgehead atoms. The van der Waals surface area contributed by atoms with Crippen LogP contribution in [-0.2, 0) is 5.41 Å². The second-order valence-electron chi connectivity index (χ2n) is 16.2. The molecule has 1 aliphatic carbocycles. The van der Waals surface area contributed by atoms with Gasteiger partial charge in [0.25, 0.3) is 5.91 Å². The number of hydrogen-bond donors (Lipinski definition) is 3. The number of pyridine rings is 1. The molecular formula is C49H44N4O3. The summed E-state index contributed by atoms with van der Waals surface area (Å²) in [6.07, 6.45) is 1.01. The Morgan fingerprint density at radius 3 is 1.80 bits per heavy atom. The van der Waals surface area contributed by atoms with Crippen LogP contribution >= 0.6 is 0 Å². The number of carbonyl (C=O) groups excluding carboxylic acids is 2. The van der Waals surface area contributed by atoms with Crippen molar-refractivity contribution >= 4 is 51.2 Å². The maximum Gasteiger partial charge on any atom is 0.260 e. The molecule has 1 amide bonds. The molecule has 1 aromatic heterocycles. The number of hydrogen-bond acceptors (Lipinski definition) is 6. The number of benzene rings is 6. The summed E-state index contributed by atoms with van der Waals surface area (Å²) in [5.41, 5.74) is 6.94. The number of para-hydroxylation sites is 3. The zero-order valence-electron chi connectivity index (χ0n) is 32.2. The van der Waals surface area contributed by atoms with Crippen LogP contribution in [0.4, 0.5) is 28.6 Å². The summed E-state index contributed by atoms with van der Waals surface area (Å²) in [4.78, 5) is 34.6. The van der Waals surface area contributed by atoms with Gasteiger partial charge in [0, 0.05) is 39.6 Å². The van der Waals surface area contributed by atoms with Gasteiger partial charge in [-0.2, -0.15) is 0 Å². The maximum atomic E-state index is 14.7. The number of amides is 1. The van der Waals surface area contributed by atoms with Gasteiger partial charge in [0.05, 0.1) is 16.8 Å². The van der Waals surface area contributed by atoms with Crippen LogP contribution in [0.5, 0.6) is 11.5 Å². The molecule has 0 unspecified atom stereocenters. The summed E-state index contributed by atoms with van der Waals surface area (Å²) < 4.78 is 6.80. The molecule has 6 aromatic carbocycles. The Morgan fingerprint density at radius 1 is 0.643 bits per heavy atom. The van der Waals surface area contributed by atoms with E-state index in [0.29, 0.717) is 67.4 Å². The van der Waals surface area contributed by atoms with Crippen molar-refractivity contribution in [3.8, 4) is 22.6 Å². The first-order chi connectivity index (χ1) is 26.9. The van der Waals surface area contributed by atoms with E-state index in [2.05, 4.69) is 62.7 Å². The second kappa shape index (κ2) is 14.5. The van der Waals surface area contributed by atoms with Gasteiger partial charge >= 0.3 is 0 Å². The summed E-state index contributed by atoms with van der Waals surface area (Å²) in [6, 6.07) is 46.2. The van der Waals surface area contributed by atoms with E-state index in [0.717, 1.165) is 17.8 Å². The quantitative estimate of drug-likeness (QED) is 0.129. The molecule has 0 saturated carbocycles. The lowest BCUT2D eigenvalue weighted by atomic mass is 9.72. The number of carbonyl (C=O) groups is 2. The lowest BCUT2D eigenvalue weighted by molar-refractivity contribution is 0.102. The molecule has 8 rings (SSSR count). The fourth-order valence-electron chi connectivity index (χ4n) is 8.02. The van der Waals surface area contributed by atoms with Gasteiger partial charge in [-0.3, -0.25) is 9.59 Å². The van der Waals surface area contributed by atoms with Gasteiger partial charge in [-0.25, -0.2) is 4.98 Å². The molecule has 0 radical (unpaired) electrons. The van der Waals surface area contributed by atoms with E-state index in [4.69, 9.17) is 9.72 Å². The molecule has 3 N–H and O–H groups in total. The molecule has 7 heteroatoms. The largest absolute Gasteiger partial charge is 0.455 e. The molecule has 0 atom stereocenters. The predicted molar refractivity (Wildman–Crippen MR) is 228 cm³/mol. The van der Waals surface area contributed by atoms with E-state index >= 15 is 0 Å². The van der Waals surface area contributed by atoms with Gasteiger partial charge in [-0.15, -0.1) is 0 Å². The molecule has 0 fully saturated rings. The summed E-state index contributed by atoms with van der Waals surface area (Å²) in [5.74, 6) is 0.842. The van der Waals surface area contributed by atoms with Gasteiger partial charge in [0.1, 0.15) is 17.1 Å². The zero-order valence-corrected chi connectivity index (χ0v) is 32.2. The minimum Gasteiger partial charge on any atom is -0.455 e. The van der Waals surface area contributed by atoms with Crippen LogP contribution in [0.3, 0.4) is 0 Å². The third-order valence-electron chi connectivity index (χ3n) is 10.1. The number of anilines is 5. The smallest absolute Gasteiger partial charge is 0.260 e. The van der Waals surface area contributed by atoms with Crippen LogP contribution in [0, 0.1) is 5.41 Å². The molecule has 0 aliphatic heterocycles. The van der Waals surface area contributed by atoms with Crippen LogP contribution in [0.1, 0.15) is 72.9 Å². The predicted octanol–water partition coefficient (Wildman–Crippen LogP) is 12.7. The van der Waals surface area contributed by atoms with Gasteiger partial charge in [0.2, 0.25) is 0 Å². The van der Waals surface area contributed by atoms with Crippen molar-refractivity contribution < 1.29 is 14.3 Å². The molecule has 7 nitrogen and oxygen atoms in total. The van der Waals surface area contributed by atoms with E-state index in [9.17, 15) is 9.59 Å².